The molecule has 0 amide bonds. The largest absolute Gasteiger partial charge is 0.392 e. The normalized spacial score (nSPS) is 20.8. The Morgan fingerprint density at radius 3 is 2.65 bits per heavy atom. The first-order valence-electron chi connectivity index (χ1n) is 7.15. The van der Waals surface area contributed by atoms with Crippen LogP contribution in [0.3, 0.4) is 0 Å². The van der Waals surface area contributed by atoms with Crippen molar-refractivity contribution in [1.29, 1.82) is 0 Å². The molecule has 1 aliphatic rings. The fourth-order valence-electron chi connectivity index (χ4n) is 2.45. The third-order valence-corrected chi connectivity index (χ3v) is 5.60. The van der Waals surface area contributed by atoms with Gasteiger partial charge in [-0.25, -0.2) is 0 Å². The maximum Gasteiger partial charge on any atom is 0.129 e. The number of hydrogen-bond donors (Lipinski definition) is 1. The van der Waals surface area contributed by atoms with Gasteiger partial charge in [0.05, 0.1) is 11.9 Å². The quantitative estimate of drug-likeness (QED) is 0.620. The highest BCUT2D eigenvalue weighted by Crippen LogP contribution is 2.45. The topological polar surface area (TPSA) is 20.2 Å². The Kier molecular flexibility index (Phi) is 4.39. The summed E-state index contributed by atoms with van der Waals surface area (Å²) in [6.07, 6.45) is 1.08. The van der Waals surface area contributed by atoms with E-state index < -0.39 is 8.07 Å². The summed E-state index contributed by atoms with van der Waals surface area (Å²) in [6.45, 7) is 11.6. The van der Waals surface area contributed by atoms with E-state index >= 15 is 0 Å². The van der Waals surface area contributed by atoms with Crippen LogP contribution in [0.2, 0.25) is 19.6 Å². The molecule has 1 N–H and O–H groups in total. The van der Waals surface area contributed by atoms with Crippen molar-refractivity contribution < 1.29 is 5.11 Å². The van der Waals surface area contributed by atoms with E-state index in [2.05, 4.69) is 57.1 Å². The average molecular weight is 305 g/mol. The Labute approximate surface area is 128 Å². The van der Waals surface area contributed by atoms with Gasteiger partial charge in [-0.1, -0.05) is 51.5 Å². The van der Waals surface area contributed by atoms with Crippen molar-refractivity contribution in [2.45, 2.75) is 62.1 Å². The molecular formula is C17H24OSSi. The van der Waals surface area contributed by atoms with Crippen molar-refractivity contribution in [2.75, 3.05) is 0 Å². The van der Waals surface area contributed by atoms with Crippen LogP contribution in [0.4, 0.5) is 0 Å². The summed E-state index contributed by atoms with van der Waals surface area (Å²) in [5, 5.41) is 9.70. The van der Waals surface area contributed by atoms with Crippen LogP contribution in [0.1, 0.15) is 31.4 Å². The molecule has 1 unspecified atom stereocenters. The number of benzene rings is 1. The summed E-state index contributed by atoms with van der Waals surface area (Å²) in [5.41, 5.74) is 6.01. The highest BCUT2D eigenvalue weighted by atomic mass is 32.2. The summed E-state index contributed by atoms with van der Waals surface area (Å²) < 4.78 is 0. The molecule has 20 heavy (non-hydrogen) atoms. The van der Waals surface area contributed by atoms with Gasteiger partial charge < -0.3 is 5.11 Å². The average Bonchev–Trinajstić information content (AvgIpc) is 2.34. The van der Waals surface area contributed by atoms with Gasteiger partial charge in [0.1, 0.15) is 8.07 Å². The number of fused-ring (bicyclic) bond motifs is 1. The van der Waals surface area contributed by atoms with Crippen molar-refractivity contribution in [3.8, 4) is 11.5 Å². The van der Waals surface area contributed by atoms with Crippen LogP contribution in [0.5, 0.6) is 0 Å². The van der Waals surface area contributed by atoms with Crippen LogP contribution < -0.4 is 0 Å². The predicted octanol–water partition coefficient (Wildman–Crippen LogP) is 4.20. The van der Waals surface area contributed by atoms with E-state index in [1.165, 1.54) is 10.5 Å². The summed E-state index contributed by atoms with van der Waals surface area (Å²) >= 11 is 1.89. The van der Waals surface area contributed by atoms with Crippen LogP contribution in [0.15, 0.2) is 23.1 Å². The predicted molar refractivity (Wildman–Crippen MR) is 90.8 cm³/mol. The molecule has 2 rings (SSSR count). The first-order valence-corrected chi connectivity index (χ1v) is 11.5. The summed E-state index contributed by atoms with van der Waals surface area (Å²) in [6, 6.07) is 6.33. The molecule has 1 aromatic carbocycles. The van der Waals surface area contributed by atoms with Crippen LogP contribution in [0.25, 0.3) is 0 Å². The fourth-order valence-corrected chi connectivity index (χ4v) is 4.70. The molecule has 1 nitrogen and oxygen atoms in total. The van der Waals surface area contributed by atoms with Gasteiger partial charge >= 0.3 is 0 Å². The maximum absolute atomic E-state index is 9.31. The van der Waals surface area contributed by atoms with Gasteiger partial charge in [0.2, 0.25) is 0 Å². The van der Waals surface area contributed by atoms with E-state index in [1.807, 2.05) is 17.8 Å². The Hall–Kier alpha value is -0.693. The molecule has 0 saturated carbocycles. The first kappa shape index (κ1) is 15.7. The summed E-state index contributed by atoms with van der Waals surface area (Å²) in [7, 11) is -1.30. The lowest BCUT2D eigenvalue weighted by atomic mass is 9.79. The smallest absolute Gasteiger partial charge is 0.129 e. The first-order chi connectivity index (χ1) is 9.21. The molecule has 108 valence electrons. The fraction of sp³-hybridized carbons (Fsp3) is 0.529. The number of hydrogen-bond acceptors (Lipinski definition) is 2. The molecule has 1 atom stereocenters. The van der Waals surface area contributed by atoms with Crippen LogP contribution >= 0.6 is 11.8 Å². The molecule has 0 aliphatic carbocycles. The Bertz CT molecular complexity index is 561. The second-order valence-corrected chi connectivity index (χ2v) is 13.2. The van der Waals surface area contributed by atoms with E-state index in [9.17, 15) is 5.11 Å². The molecule has 0 spiro atoms. The monoisotopic (exact) mass is 304 g/mol. The van der Waals surface area contributed by atoms with Crippen LogP contribution in [-0.4, -0.2) is 18.4 Å². The van der Waals surface area contributed by atoms with Gasteiger partial charge in [-0.05, 0) is 29.0 Å². The molecular weight excluding hydrogens is 280 g/mol. The standard InChI is InChI=1S/C17H24OSSi/c1-17(2)11-14(8-9-20(3,4)5)19-16-7-6-13(12-18)10-15(16)17/h6-7,10,14,18H,11-12H2,1-5H3. The molecule has 3 heteroatoms. The maximum atomic E-state index is 9.31. The van der Waals surface area contributed by atoms with E-state index in [1.54, 1.807) is 0 Å². The molecule has 0 saturated heterocycles. The van der Waals surface area contributed by atoms with Gasteiger partial charge in [-0.3, -0.25) is 0 Å². The second kappa shape index (κ2) is 5.59. The third kappa shape index (κ3) is 3.69. The summed E-state index contributed by atoms with van der Waals surface area (Å²) in [4.78, 5) is 1.33. The van der Waals surface area contributed by atoms with Crippen LogP contribution in [-0.2, 0) is 12.0 Å². The van der Waals surface area contributed by atoms with Crippen LogP contribution in [0, 0.1) is 11.5 Å². The number of aliphatic hydroxyl groups is 1. The van der Waals surface area contributed by atoms with Crippen molar-refractivity contribution in [1.82, 2.24) is 0 Å². The highest BCUT2D eigenvalue weighted by molar-refractivity contribution is 8.00. The van der Waals surface area contributed by atoms with E-state index in [0.29, 0.717) is 5.25 Å². The molecule has 0 radical (unpaired) electrons. The van der Waals surface area contributed by atoms with Crippen molar-refractivity contribution in [3.63, 3.8) is 0 Å². The van der Waals surface area contributed by atoms with Gasteiger partial charge in [-0.15, -0.1) is 17.3 Å². The minimum absolute atomic E-state index is 0.118. The Morgan fingerprint density at radius 2 is 2.05 bits per heavy atom. The van der Waals surface area contributed by atoms with E-state index in [-0.39, 0.29) is 12.0 Å². The zero-order valence-corrected chi connectivity index (χ0v) is 14.9. The lowest BCUT2D eigenvalue weighted by Crippen LogP contribution is -2.28. The van der Waals surface area contributed by atoms with E-state index in [4.69, 9.17) is 0 Å². The lowest BCUT2D eigenvalue weighted by molar-refractivity contribution is 0.281. The van der Waals surface area contributed by atoms with Crippen molar-refractivity contribution in [2.24, 2.45) is 0 Å². The minimum atomic E-state index is -1.30. The van der Waals surface area contributed by atoms with Crippen molar-refractivity contribution >= 4 is 19.8 Å². The zero-order valence-electron chi connectivity index (χ0n) is 13.1. The minimum Gasteiger partial charge on any atom is -0.392 e. The zero-order chi connectivity index (χ0) is 15.0. The molecule has 1 heterocycles. The SMILES string of the molecule is CC1(C)CC(C#C[Si](C)(C)C)Sc2ccc(CO)cc21. The number of rotatable bonds is 1. The lowest BCUT2D eigenvalue weighted by Gasteiger charge is -2.35. The third-order valence-electron chi connectivity index (χ3n) is 3.53. The molecule has 0 bridgehead atoms. The molecule has 0 aromatic heterocycles. The van der Waals surface area contributed by atoms with Gasteiger partial charge in [0, 0.05) is 4.90 Å². The molecule has 1 aliphatic heterocycles. The molecule has 0 fully saturated rings. The Morgan fingerprint density at radius 1 is 1.35 bits per heavy atom. The summed E-state index contributed by atoms with van der Waals surface area (Å²) in [5.74, 6) is 3.51. The van der Waals surface area contributed by atoms with E-state index in [0.717, 1.165) is 12.0 Å². The number of thioether (sulfide) groups is 1. The number of aliphatic hydroxyl groups excluding tert-OH is 1. The Balaban J connectivity index is 2.33. The molecule has 1 aromatic rings. The highest BCUT2D eigenvalue weighted by Gasteiger charge is 2.33. The van der Waals surface area contributed by atoms with Gasteiger partial charge in [0.25, 0.3) is 0 Å². The van der Waals surface area contributed by atoms with Gasteiger partial charge in [0.15, 0.2) is 0 Å². The van der Waals surface area contributed by atoms with Crippen molar-refractivity contribution in [3.05, 3.63) is 29.3 Å². The second-order valence-electron chi connectivity index (χ2n) is 7.20. The van der Waals surface area contributed by atoms with Gasteiger partial charge in [-0.2, -0.15) is 0 Å².